The largest absolute Gasteiger partial charge is 0.508 e. The number of phenols is 1. The molecule has 5 N–H and O–H groups in total. The van der Waals surface area contributed by atoms with Gasteiger partial charge in [0.05, 0.1) is 0 Å². The molecule has 0 bridgehead atoms. The number of rotatable bonds is 7. The lowest BCUT2D eigenvalue weighted by molar-refractivity contribution is 0.100. The Labute approximate surface area is 174 Å². The predicted molar refractivity (Wildman–Crippen MR) is 119 cm³/mol. The molecule has 150 valence electrons. The van der Waals surface area contributed by atoms with E-state index in [0.717, 1.165) is 35.4 Å². The summed E-state index contributed by atoms with van der Waals surface area (Å²) in [7, 11) is 0. The third-order valence-electron chi connectivity index (χ3n) is 5.44. The highest BCUT2D eigenvalue weighted by Crippen LogP contribution is 2.29. The molecule has 1 amide bonds. The number of primary amides is 1. The number of phenolic OH excluding ortho intramolecular Hbond substituents is 1. The van der Waals surface area contributed by atoms with E-state index >= 15 is 0 Å². The van der Waals surface area contributed by atoms with Crippen molar-refractivity contribution in [2.45, 2.75) is 24.1 Å². The molecule has 6 heteroatoms. The summed E-state index contributed by atoms with van der Waals surface area (Å²) in [6.07, 6.45) is 7.53. The van der Waals surface area contributed by atoms with E-state index in [-0.39, 0.29) is 0 Å². The molecule has 2 atom stereocenters. The predicted octanol–water partition coefficient (Wildman–Crippen LogP) is 3.91. The Morgan fingerprint density at radius 2 is 2.03 bits per heavy atom. The number of nitrogens with two attached hydrogens (primary N) is 1. The molecule has 0 saturated carbocycles. The first-order chi connectivity index (χ1) is 14.1. The summed E-state index contributed by atoms with van der Waals surface area (Å²) in [5, 5.41) is 14.3. The maximum absolute atomic E-state index is 11.3. The van der Waals surface area contributed by atoms with Crippen LogP contribution in [-0.2, 0) is 5.75 Å². The number of fused-ring (bicyclic) bond motifs is 1. The van der Waals surface area contributed by atoms with Crippen LogP contribution in [0.5, 0.6) is 5.75 Å². The van der Waals surface area contributed by atoms with Crippen LogP contribution in [0.15, 0.2) is 60.8 Å². The van der Waals surface area contributed by atoms with Crippen LogP contribution in [-0.4, -0.2) is 34.3 Å². The van der Waals surface area contributed by atoms with Gasteiger partial charge in [0, 0.05) is 46.9 Å². The monoisotopic (exact) mass is 407 g/mol. The van der Waals surface area contributed by atoms with Crippen molar-refractivity contribution < 1.29 is 9.90 Å². The van der Waals surface area contributed by atoms with Gasteiger partial charge in [0.2, 0.25) is 5.91 Å². The van der Waals surface area contributed by atoms with E-state index in [4.69, 9.17) is 5.73 Å². The molecular weight excluding hydrogens is 382 g/mol. The molecule has 1 aliphatic heterocycles. The van der Waals surface area contributed by atoms with Crippen molar-refractivity contribution in [3.05, 3.63) is 77.5 Å². The van der Waals surface area contributed by atoms with Gasteiger partial charge in [0.1, 0.15) is 5.75 Å². The lowest BCUT2D eigenvalue weighted by atomic mass is 9.87. The van der Waals surface area contributed by atoms with E-state index in [1.165, 1.54) is 11.1 Å². The number of nitrogens with one attached hydrogen (secondary N) is 2. The fraction of sp³-hybridized carbons (Fsp3) is 0.261. The standard InChI is InChI=1S/C23H25N3O2S/c24-23(28)16-5-8-20-17(13-26-22(20)12-16)14-29-11-9-21-19(2-1-10-25-21)15-3-6-18(27)7-4-15/h1-8,12-13,19,21,25-27H,9-11,14H2,(H2,24,28). The third-order valence-corrected chi connectivity index (χ3v) is 6.47. The molecule has 0 saturated heterocycles. The summed E-state index contributed by atoms with van der Waals surface area (Å²) in [6.45, 7) is 0.897. The fourth-order valence-electron chi connectivity index (χ4n) is 3.87. The van der Waals surface area contributed by atoms with Crippen molar-refractivity contribution in [1.29, 1.82) is 0 Å². The molecule has 29 heavy (non-hydrogen) atoms. The summed E-state index contributed by atoms with van der Waals surface area (Å²) >= 11 is 1.91. The molecule has 0 spiro atoms. The number of H-pyrrole nitrogens is 1. The molecule has 2 unspecified atom stereocenters. The highest BCUT2D eigenvalue weighted by Gasteiger charge is 2.22. The topological polar surface area (TPSA) is 91.1 Å². The highest BCUT2D eigenvalue weighted by molar-refractivity contribution is 7.98. The van der Waals surface area contributed by atoms with E-state index in [0.29, 0.717) is 23.3 Å². The van der Waals surface area contributed by atoms with Gasteiger partial charge >= 0.3 is 0 Å². The van der Waals surface area contributed by atoms with Gasteiger partial charge in [-0.15, -0.1) is 0 Å². The van der Waals surface area contributed by atoms with Gasteiger partial charge in [-0.05, 0) is 47.6 Å². The van der Waals surface area contributed by atoms with E-state index < -0.39 is 5.91 Å². The first kappa shape index (κ1) is 19.6. The zero-order chi connectivity index (χ0) is 20.2. The maximum atomic E-state index is 11.3. The quantitative estimate of drug-likeness (QED) is 0.353. The second kappa shape index (κ2) is 8.76. The minimum absolute atomic E-state index is 0.301. The zero-order valence-electron chi connectivity index (χ0n) is 16.1. The number of hydrogen-bond donors (Lipinski definition) is 4. The van der Waals surface area contributed by atoms with Gasteiger partial charge in [-0.2, -0.15) is 11.8 Å². The van der Waals surface area contributed by atoms with Gasteiger partial charge in [0.15, 0.2) is 0 Å². The Kier molecular flexibility index (Phi) is 5.92. The molecule has 0 aliphatic carbocycles. The van der Waals surface area contributed by atoms with Crippen molar-refractivity contribution in [1.82, 2.24) is 10.3 Å². The van der Waals surface area contributed by atoms with Crippen molar-refractivity contribution in [2.24, 2.45) is 5.73 Å². The number of hydrogen-bond acceptors (Lipinski definition) is 4. The first-order valence-electron chi connectivity index (χ1n) is 9.78. The number of carbonyl (C=O) groups is 1. The summed E-state index contributed by atoms with van der Waals surface area (Å²) in [6, 6.07) is 13.5. The average Bonchev–Trinajstić information content (AvgIpc) is 3.14. The summed E-state index contributed by atoms with van der Waals surface area (Å²) in [4.78, 5) is 14.6. The number of carbonyl (C=O) groups excluding carboxylic acids is 1. The first-order valence-corrected chi connectivity index (χ1v) is 10.9. The number of aromatic amines is 1. The molecule has 0 radical (unpaired) electrons. The molecule has 2 aromatic carbocycles. The molecule has 2 heterocycles. The van der Waals surface area contributed by atoms with Crippen LogP contribution in [0.3, 0.4) is 0 Å². The average molecular weight is 408 g/mol. The number of benzene rings is 2. The second-order valence-corrected chi connectivity index (χ2v) is 8.45. The Bertz CT molecular complexity index is 1030. The minimum Gasteiger partial charge on any atom is -0.508 e. The van der Waals surface area contributed by atoms with Crippen molar-refractivity contribution in [2.75, 3.05) is 12.3 Å². The van der Waals surface area contributed by atoms with Crippen molar-refractivity contribution in [3.63, 3.8) is 0 Å². The number of aromatic hydroxyl groups is 1. The maximum Gasteiger partial charge on any atom is 0.248 e. The Balaban J connectivity index is 1.35. The lowest BCUT2D eigenvalue weighted by Gasteiger charge is -2.29. The Hall–Kier alpha value is -2.70. The molecule has 1 aliphatic rings. The molecule has 0 fully saturated rings. The minimum atomic E-state index is -0.408. The van der Waals surface area contributed by atoms with Gasteiger partial charge in [-0.1, -0.05) is 30.4 Å². The third kappa shape index (κ3) is 4.49. The van der Waals surface area contributed by atoms with Crippen LogP contribution in [0.25, 0.3) is 10.9 Å². The molecule has 3 aromatic rings. The van der Waals surface area contributed by atoms with Crippen LogP contribution in [0.1, 0.15) is 33.8 Å². The van der Waals surface area contributed by atoms with Crippen LogP contribution < -0.4 is 11.1 Å². The van der Waals surface area contributed by atoms with Crippen LogP contribution in [0.4, 0.5) is 0 Å². The van der Waals surface area contributed by atoms with Gasteiger partial charge < -0.3 is 21.1 Å². The van der Waals surface area contributed by atoms with Gasteiger partial charge in [-0.25, -0.2) is 0 Å². The van der Waals surface area contributed by atoms with Gasteiger partial charge in [-0.3, -0.25) is 4.79 Å². The normalized spacial score (nSPS) is 18.9. The molecule has 1 aromatic heterocycles. The van der Waals surface area contributed by atoms with Gasteiger partial charge in [0.25, 0.3) is 0 Å². The van der Waals surface area contributed by atoms with E-state index in [2.05, 4.69) is 22.5 Å². The SMILES string of the molecule is NC(=O)c1ccc2c(CSCCC3NCC=CC3c3ccc(O)cc3)c[nH]c2c1. The van der Waals surface area contributed by atoms with E-state index in [9.17, 15) is 9.90 Å². The molecular formula is C23H25N3O2S. The molecule has 4 rings (SSSR count). The number of amides is 1. The number of aromatic nitrogens is 1. The van der Waals surface area contributed by atoms with E-state index in [1.54, 1.807) is 18.2 Å². The Morgan fingerprint density at radius 1 is 1.21 bits per heavy atom. The lowest BCUT2D eigenvalue weighted by Crippen LogP contribution is -2.37. The fourth-order valence-corrected chi connectivity index (χ4v) is 4.89. The number of thioether (sulfide) groups is 1. The second-order valence-electron chi connectivity index (χ2n) is 7.34. The van der Waals surface area contributed by atoms with Crippen LogP contribution in [0.2, 0.25) is 0 Å². The van der Waals surface area contributed by atoms with Crippen molar-refractivity contribution >= 4 is 28.6 Å². The van der Waals surface area contributed by atoms with Crippen molar-refractivity contribution in [3.8, 4) is 5.75 Å². The summed E-state index contributed by atoms with van der Waals surface area (Å²) < 4.78 is 0. The summed E-state index contributed by atoms with van der Waals surface area (Å²) in [5.74, 6) is 2.18. The molecule has 5 nitrogen and oxygen atoms in total. The highest BCUT2D eigenvalue weighted by atomic mass is 32.2. The Morgan fingerprint density at radius 3 is 2.83 bits per heavy atom. The zero-order valence-corrected chi connectivity index (χ0v) is 16.9. The van der Waals surface area contributed by atoms with E-state index in [1.807, 2.05) is 42.2 Å². The summed E-state index contributed by atoms with van der Waals surface area (Å²) in [5.41, 5.74) is 9.30. The van der Waals surface area contributed by atoms with Crippen LogP contribution >= 0.6 is 11.8 Å². The van der Waals surface area contributed by atoms with Crippen LogP contribution in [0, 0.1) is 0 Å². The smallest absolute Gasteiger partial charge is 0.248 e.